The molecule has 1 atom stereocenters. The lowest BCUT2D eigenvalue weighted by molar-refractivity contribution is -0.134. The molecule has 0 fully saturated rings. The van der Waals surface area contributed by atoms with Crippen LogP contribution in [0.5, 0.6) is 0 Å². The van der Waals surface area contributed by atoms with E-state index in [1.54, 1.807) is 33.0 Å². The number of rotatable bonds is 8. The number of methoxy groups -OCH3 is 1. The number of hydrogen-bond donors (Lipinski definition) is 4. The van der Waals surface area contributed by atoms with E-state index in [4.69, 9.17) is 19.7 Å². The Hall–Kier alpha value is -0.900. The third kappa shape index (κ3) is 118. The third-order valence-corrected chi connectivity index (χ3v) is 1.76. The molecule has 0 bridgehead atoms. The lowest BCUT2D eigenvalue weighted by atomic mass is 10.4. The highest BCUT2D eigenvalue weighted by Gasteiger charge is 1.99. The van der Waals surface area contributed by atoms with Crippen LogP contribution in [0.25, 0.3) is 0 Å². The van der Waals surface area contributed by atoms with Crippen LogP contribution >= 0.6 is 11.8 Å². The molecule has 4 N–H and O–H groups in total. The van der Waals surface area contributed by atoms with Crippen LogP contribution in [-0.2, 0) is 14.3 Å². The van der Waals surface area contributed by atoms with Gasteiger partial charge in [0.1, 0.15) is 0 Å². The van der Waals surface area contributed by atoms with E-state index in [9.17, 15) is 0 Å². The number of likely N-dealkylation sites (N-methyl/N-ethyl adjacent to an activating group) is 2. The first-order chi connectivity index (χ1) is 12.8. The van der Waals surface area contributed by atoms with Gasteiger partial charge in [0.15, 0.2) is 0 Å². The second-order valence-corrected chi connectivity index (χ2v) is 5.60. The number of carbonyl (C=O) groups is 1. The molecule has 0 rings (SSSR count). The molecule has 0 saturated heterocycles. The molecule has 0 aromatic rings. The molecule has 0 aliphatic carbocycles. The highest BCUT2D eigenvalue weighted by Crippen LogP contribution is 1.83. The Bertz CT molecular complexity index is 286. The summed E-state index contributed by atoms with van der Waals surface area (Å²) in [6, 6.07) is 0. The Morgan fingerprint density at radius 2 is 1.50 bits per heavy atom. The molecule has 0 aliphatic heterocycles. The zero-order valence-electron chi connectivity index (χ0n) is 18.7. The van der Waals surface area contributed by atoms with Gasteiger partial charge >= 0.3 is 0 Å². The van der Waals surface area contributed by atoms with Gasteiger partial charge in [-0.2, -0.15) is 11.8 Å². The number of aliphatic carboxylic acids is 1. The standard InChI is InChI=1S/C8H17NO2.C5H11N.C2H4O2.C2H6O.C2H6S.CH4/c1-3-4-5-11-7-8(10)6-9-2;1-3-4-5-6-2;1-2(3)4;2*1-3-2;/h3-4,8-10H,5-7H2,1-2H3;3-4,6H,5H2,1-2H3;1H3,(H,3,4);2*1-2H3;1H4. The average molecular weight is 429 g/mol. The largest absolute Gasteiger partial charge is 0.481 e. The summed E-state index contributed by atoms with van der Waals surface area (Å²) in [5.41, 5.74) is 0. The number of nitrogens with one attached hydrogen (secondary N) is 2. The Labute approximate surface area is 179 Å². The van der Waals surface area contributed by atoms with Crippen molar-refractivity contribution in [2.45, 2.75) is 34.3 Å². The second kappa shape index (κ2) is 50.2. The van der Waals surface area contributed by atoms with Gasteiger partial charge in [-0.05, 0) is 40.5 Å². The number of aliphatic hydroxyl groups excluding tert-OH is 1. The number of ether oxygens (including phenoxy) is 2. The van der Waals surface area contributed by atoms with Crippen LogP contribution in [0.4, 0.5) is 0 Å². The van der Waals surface area contributed by atoms with E-state index in [0.29, 0.717) is 19.8 Å². The van der Waals surface area contributed by atoms with Crippen LogP contribution in [0, 0.1) is 0 Å². The number of carboxylic acids is 1. The number of hydrogen-bond acceptors (Lipinski definition) is 7. The van der Waals surface area contributed by atoms with Crippen LogP contribution < -0.4 is 10.6 Å². The highest BCUT2D eigenvalue weighted by atomic mass is 32.2. The fraction of sp³-hybridized carbons (Fsp3) is 0.750. The zero-order chi connectivity index (χ0) is 22.3. The molecule has 174 valence electrons. The lowest BCUT2D eigenvalue weighted by Crippen LogP contribution is -2.27. The summed E-state index contributed by atoms with van der Waals surface area (Å²) in [6.07, 6.45) is 11.6. The fourth-order valence-corrected chi connectivity index (χ4v) is 0.899. The predicted molar refractivity (Wildman–Crippen MR) is 127 cm³/mol. The predicted octanol–water partition coefficient (Wildman–Crippen LogP) is 2.91. The van der Waals surface area contributed by atoms with Crippen LogP contribution in [0.2, 0.25) is 0 Å². The van der Waals surface area contributed by atoms with Crippen LogP contribution in [-0.4, -0.2) is 89.4 Å². The number of allylic oxidation sites excluding steroid dienone is 2. The molecule has 0 saturated carbocycles. The monoisotopic (exact) mass is 428 g/mol. The molecule has 8 heteroatoms. The van der Waals surface area contributed by atoms with Crippen LogP contribution in [0.1, 0.15) is 28.2 Å². The minimum absolute atomic E-state index is 0. The Morgan fingerprint density at radius 3 is 1.75 bits per heavy atom. The van der Waals surface area contributed by atoms with E-state index < -0.39 is 12.1 Å². The molecule has 0 amide bonds. The topological polar surface area (TPSA) is 100 Å². The average Bonchev–Trinajstić information content (AvgIpc) is 2.59. The first-order valence-electron chi connectivity index (χ1n) is 8.56. The normalized spacial score (nSPS) is 9.93. The summed E-state index contributed by atoms with van der Waals surface area (Å²) in [5.74, 6) is -0.833. The molecule has 0 aliphatic rings. The minimum atomic E-state index is -0.833. The summed E-state index contributed by atoms with van der Waals surface area (Å²) >= 11 is 1.75. The fourth-order valence-electron chi connectivity index (χ4n) is 0.899. The molecule has 0 aromatic heterocycles. The van der Waals surface area contributed by atoms with E-state index in [1.165, 1.54) is 0 Å². The molecule has 28 heavy (non-hydrogen) atoms. The van der Waals surface area contributed by atoms with Gasteiger partial charge in [-0.3, -0.25) is 4.79 Å². The van der Waals surface area contributed by atoms with Crippen molar-refractivity contribution in [3.63, 3.8) is 0 Å². The SMILES string of the molecule is C.CC(=O)O.CC=CCNC.CC=CCOCC(O)CNC.COC.CSC. The maximum atomic E-state index is 9.14. The Balaban J connectivity index is -0.0000000605. The highest BCUT2D eigenvalue weighted by molar-refractivity contribution is 7.97. The number of thioether (sulfide) groups is 1. The number of aliphatic hydroxyl groups is 1. The van der Waals surface area contributed by atoms with Crippen molar-refractivity contribution in [3.05, 3.63) is 24.3 Å². The van der Waals surface area contributed by atoms with Gasteiger partial charge in [0.25, 0.3) is 5.97 Å². The minimum Gasteiger partial charge on any atom is -0.481 e. The van der Waals surface area contributed by atoms with Crippen molar-refractivity contribution in [1.29, 1.82) is 0 Å². The summed E-state index contributed by atoms with van der Waals surface area (Å²) in [7, 11) is 6.98. The summed E-state index contributed by atoms with van der Waals surface area (Å²) in [6.45, 7) is 7.57. The van der Waals surface area contributed by atoms with Crippen molar-refractivity contribution < 1.29 is 24.5 Å². The van der Waals surface area contributed by atoms with Gasteiger partial charge in [-0.15, -0.1) is 0 Å². The lowest BCUT2D eigenvalue weighted by Gasteiger charge is -2.08. The van der Waals surface area contributed by atoms with Gasteiger partial charge < -0.3 is 30.3 Å². The van der Waals surface area contributed by atoms with Gasteiger partial charge in [0.2, 0.25) is 0 Å². The molecule has 0 radical (unpaired) electrons. The first kappa shape index (κ1) is 41.5. The summed E-state index contributed by atoms with van der Waals surface area (Å²) < 4.78 is 9.36. The van der Waals surface area contributed by atoms with Gasteiger partial charge in [0, 0.05) is 34.2 Å². The molecule has 7 nitrogen and oxygen atoms in total. The quantitative estimate of drug-likeness (QED) is 0.346. The molecule has 1 unspecified atom stereocenters. The Kier molecular flexibility index (Phi) is 74.3. The van der Waals surface area contributed by atoms with Crippen molar-refractivity contribution in [1.82, 2.24) is 10.6 Å². The molecule has 0 heterocycles. The van der Waals surface area contributed by atoms with E-state index in [1.807, 2.05) is 51.6 Å². The van der Waals surface area contributed by atoms with Gasteiger partial charge in [0.05, 0.1) is 19.3 Å². The van der Waals surface area contributed by atoms with E-state index >= 15 is 0 Å². The van der Waals surface area contributed by atoms with Crippen LogP contribution in [0.15, 0.2) is 24.3 Å². The summed E-state index contributed by atoms with van der Waals surface area (Å²) in [4.78, 5) is 9.00. The molecular weight excluding hydrogens is 380 g/mol. The van der Waals surface area contributed by atoms with Crippen molar-refractivity contribution in [3.8, 4) is 0 Å². The summed E-state index contributed by atoms with van der Waals surface area (Å²) in [5, 5.41) is 22.4. The maximum absolute atomic E-state index is 9.14. The molecule has 0 aromatic carbocycles. The van der Waals surface area contributed by atoms with Crippen LogP contribution in [0.3, 0.4) is 0 Å². The second-order valence-electron chi connectivity index (χ2n) is 4.78. The number of carboxylic acid groups (broad SMARTS) is 1. The molecular formula is C20H48N2O5S. The smallest absolute Gasteiger partial charge is 0.300 e. The van der Waals surface area contributed by atoms with Gasteiger partial charge in [-0.25, -0.2) is 0 Å². The first-order valence-corrected chi connectivity index (χ1v) is 10.2. The van der Waals surface area contributed by atoms with Crippen molar-refractivity contribution in [2.75, 3.05) is 67.1 Å². The zero-order valence-corrected chi connectivity index (χ0v) is 19.6. The maximum Gasteiger partial charge on any atom is 0.300 e. The van der Waals surface area contributed by atoms with E-state index in [2.05, 4.69) is 21.4 Å². The van der Waals surface area contributed by atoms with Gasteiger partial charge in [-0.1, -0.05) is 31.7 Å². The Morgan fingerprint density at radius 1 is 1.11 bits per heavy atom. The molecule has 0 spiro atoms. The van der Waals surface area contributed by atoms with E-state index in [0.717, 1.165) is 13.5 Å². The van der Waals surface area contributed by atoms with Crippen molar-refractivity contribution in [2.24, 2.45) is 0 Å². The van der Waals surface area contributed by atoms with Crippen molar-refractivity contribution >= 4 is 17.7 Å². The third-order valence-electron chi connectivity index (χ3n) is 1.76. The van der Waals surface area contributed by atoms with E-state index in [-0.39, 0.29) is 7.43 Å².